The standard InChI is InChI=1S/C25H42N5O7P/c1-20(2)27-30(28-21(3)4)38(33,34,18-7-10-26)19-17-37-16-15-36-14-13-35-12-11-29-24(31)22-8-5-6-9-23(22)25(29)32/h5-6,8-9,20-21,27-28,33-34H,7,11-19H2,1-4H3. The van der Waals surface area contributed by atoms with Gasteiger partial charge >= 0.3 is 168 Å². The summed E-state index contributed by atoms with van der Waals surface area (Å²) in [6, 6.07) is 8.61. The third-order valence-electron chi connectivity index (χ3n) is 5.68. The van der Waals surface area contributed by atoms with Crippen molar-refractivity contribution in [3.8, 4) is 6.07 Å². The fourth-order valence-electron chi connectivity index (χ4n) is 3.78. The van der Waals surface area contributed by atoms with E-state index in [1.165, 1.54) is 9.79 Å². The number of hydrogen-bond donors (Lipinski definition) is 4. The predicted molar refractivity (Wildman–Crippen MR) is 144 cm³/mol. The first-order chi connectivity index (χ1) is 18.0. The molecule has 0 unspecified atom stereocenters. The van der Waals surface area contributed by atoms with Crippen molar-refractivity contribution in [3.05, 3.63) is 35.4 Å². The monoisotopic (exact) mass is 555 g/mol. The summed E-state index contributed by atoms with van der Waals surface area (Å²) in [7, 11) is -4.50. The number of carbonyl (C=O) groups is 2. The first kappa shape index (κ1) is 32.2. The second-order valence-corrected chi connectivity index (χ2v) is 13.7. The van der Waals surface area contributed by atoms with E-state index in [4.69, 9.17) is 19.5 Å². The second-order valence-electron chi connectivity index (χ2n) is 9.72. The molecule has 1 heterocycles. The second kappa shape index (κ2) is 14.9. The van der Waals surface area contributed by atoms with Crippen LogP contribution in [0, 0.1) is 11.3 Å². The van der Waals surface area contributed by atoms with E-state index in [-0.39, 0.29) is 82.2 Å². The van der Waals surface area contributed by atoms with Crippen molar-refractivity contribution in [1.29, 1.82) is 5.26 Å². The minimum absolute atomic E-state index is 0.00298. The number of imide groups is 1. The predicted octanol–water partition coefficient (Wildman–Crippen LogP) is 1.66. The average molecular weight is 556 g/mol. The molecule has 0 saturated heterocycles. The molecule has 1 aliphatic heterocycles. The van der Waals surface area contributed by atoms with Gasteiger partial charge in [-0.05, 0) is 12.1 Å². The molecule has 0 atom stereocenters. The number of amides is 2. The van der Waals surface area contributed by atoms with Gasteiger partial charge in [-0.25, -0.2) is 0 Å². The SMILES string of the molecule is CC(C)NN(NC(C)C)P(O)(O)(CCC#N)CCOCCOCCOCCN1C(=O)c2ccccc2C1=O. The summed E-state index contributed by atoms with van der Waals surface area (Å²) in [5.41, 5.74) is 6.93. The number of nitriles is 1. The molecule has 1 aromatic rings. The minimum atomic E-state index is -4.50. The zero-order valence-corrected chi connectivity index (χ0v) is 23.7. The summed E-state index contributed by atoms with van der Waals surface area (Å²) in [5, 5.41) is 9.05. The fraction of sp³-hybridized carbons (Fsp3) is 0.640. The van der Waals surface area contributed by atoms with Gasteiger partial charge in [0, 0.05) is 0 Å². The molecular weight excluding hydrogens is 513 g/mol. The molecule has 12 nitrogen and oxygen atoms in total. The number of nitrogens with zero attached hydrogens (tertiary/aromatic N) is 3. The molecule has 0 saturated carbocycles. The van der Waals surface area contributed by atoms with E-state index in [0.717, 1.165) is 0 Å². The van der Waals surface area contributed by atoms with Crippen LogP contribution in [0.5, 0.6) is 0 Å². The normalized spacial score (nSPS) is 14.8. The number of ether oxygens (including phenoxy) is 3. The van der Waals surface area contributed by atoms with Crippen LogP contribution in [0.2, 0.25) is 0 Å². The van der Waals surface area contributed by atoms with Crippen molar-refractivity contribution in [2.24, 2.45) is 0 Å². The number of rotatable bonds is 19. The topological polar surface area (TPSA) is 157 Å². The smallest absolute Gasteiger partial charge is 0.269 e. The molecule has 1 aliphatic rings. The van der Waals surface area contributed by atoms with Crippen molar-refractivity contribution in [1.82, 2.24) is 20.6 Å². The van der Waals surface area contributed by atoms with Gasteiger partial charge in [-0.15, -0.1) is 0 Å². The molecule has 214 valence electrons. The molecule has 0 radical (unpaired) electrons. The van der Waals surface area contributed by atoms with Gasteiger partial charge in [0.25, 0.3) is 11.8 Å². The molecule has 2 amide bonds. The summed E-state index contributed by atoms with van der Waals surface area (Å²) in [6.07, 6.45) is -0.135. The van der Waals surface area contributed by atoms with Gasteiger partial charge < -0.3 is 0 Å². The molecule has 0 aromatic heterocycles. The van der Waals surface area contributed by atoms with E-state index in [9.17, 15) is 19.4 Å². The molecule has 1 aromatic carbocycles. The molecule has 38 heavy (non-hydrogen) atoms. The van der Waals surface area contributed by atoms with E-state index in [0.29, 0.717) is 17.7 Å². The van der Waals surface area contributed by atoms with E-state index in [1.807, 2.05) is 33.8 Å². The Balaban J connectivity index is 1.65. The first-order valence-corrected chi connectivity index (χ1v) is 15.3. The number of hydrogen-bond acceptors (Lipinski definition) is 11. The van der Waals surface area contributed by atoms with Gasteiger partial charge in [0.15, 0.2) is 0 Å². The van der Waals surface area contributed by atoms with Crippen molar-refractivity contribution in [2.75, 3.05) is 58.5 Å². The van der Waals surface area contributed by atoms with Crippen LogP contribution in [0.1, 0.15) is 54.8 Å². The van der Waals surface area contributed by atoms with E-state index in [1.54, 1.807) is 24.3 Å². The summed E-state index contributed by atoms with van der Waals surface area (Å²) in [4.78, 5) is 50.0. The van der Waals surface area contributed by atoms with Crippen LogP contribution in [0.4, 0.5) is 0 Å². The van der Waals surface area contributed by atoms with E-state index in [2.05, 4.69) is 10.9 Å². The van der Waals surface area contributed by atoms with E-state index >= 15 is 0 Å². The molecule has 0 spiro atoms. The fourth-order valence-corrected chi connectivity index (χ4v) is 6.46. The van der Waals surface area contributed by atoms with Crippen molar-refractivity contribution in [3.63, 3.8) is 0 Å². The third kappa shape index (κ3) is 9.31. The Morgan fingerprint density at radius 3 is 1.82 bits per heavy atom. The van der Waals surface area contributed by atoms with E-state index < -0.39 is 7.21 Å². The Kier molecular flexibility index (Phi) is 12.6. The average Bonchev–Trinajstić information content (AvgIpc) is 3.10. The van der Waals surface area contributed by atoms with Crippen LogP contribution in [0.25, 0.3) is 0 Å². The van der Waals surface area contributed by atoms with Crippen molar-refractivity contribution < 1.29 is 33.6 Å². The number of carbonyl (C=O) groups excluding carboxylic acids is 2. The molecule has 4 N–H and O–H groups in total. The summed E-state index contributed by atoms with van der Waals surface area (Å²) in [5.74, 6) is -0.615. The quantitative estimate of drug-likeness (QED) is 0.0852. The van der Waals surface area contributed by atoms with Crippen molar-refractivity contribution >= 4 is 19.0 Å². The van der Waals surface area contributed by atoms with Crippen LogP contribution in [0.15, 0.2) is 24.3 Å². The van der Waals surface area contributed by atoms with Crippen LogP contribution in [-0.4, -0.2) is 102 Å². The van der Waals surface area contributed by atoms with Crippen LogP contribution < -0.4 is 10.9 Å². The third-order valence-corrected chi connectivity index (χ3v) is 9.07. The van der Waals surface area contributed by atoms with Crippen molar-refractivity contribution in [2.45, 2.75) is 46.2 Å². The van der Waals surface area contributed by atoms with Gasteiger partial charge in [-0.1, -0.05) is 12.1 Å². The number of benzene rings is 1. The van der Waals surface area contributed by atoms with Crippen LogP contribution in [-0.2, 0) is 14.2 Å². The number of hydrazine groups is 2. The Hall–Kier alpha value is -2.04. The summed E-state index contributed by atoms with van der Waals surface area (Å²) in [6.45, 7) is 9.12. The minimum Gasteiger partial charge on any atom is -0.269 e. The van der Waals surface area contributed by atoms with Gasteiger partial charge in [0.2, 0.25) is 0 Å². The van der Waals surface area contributed by atoms with Crippen LogP contribution >= 0.6 is 7.21 Å². The zero-order chi connectivity index (χ0) is 28.2. The number of fused-ring (bicyclic) bond motifs is 1. The molecule has 0 aliphatic carbocycles. The maximum atomic E-state index is 12.3. The summed E-state index contributed by atoms with van der Waals surface area (Å²) < 4.78 is 16.6. The molecule has 0 bridgehead atoms. The van der Waals surface area contributed by atoms with Gasteiger partial charge in [0.1, 0.15) is 0 Å². The molecule has 13 heteroatoms. The molecular formula is C25H42N5O7P. The first-order valence-electron chi connectivity index (χ1n) is 12.9. The zero-order valence-electron chi connectivity index (χ0n) is 22.8. The molecule has 2 rings (SSSR count). The Morgan fingerprint density at radius 1 is 0.868 bits per heavy atom. The maximum absolute atomic E-state index is 12.3. The molecule has 0 fully saturated rings. The Labute approximate surface area is 224 Å². The van der Waals surface area contributed by atoms with Crippen LogP contribution in [0.3, 0.4) is 0 Å². The van der Waals surface area contributed by atoms with Gasteiger partial charge in [-0.3, -0.25) is 9.59 Å². The van der Waals surface area contributed by atoms with Gasteiger partial charge in [0.05, 0.1) is 11.1 Å². The summed E-state index contributed by atoms with van der Waals surface area (Å²) >= 11 is 0. The van der Waals surface area contributed by atoms with Gasteiger partial charge in [-0.2, -0.15) is 0 Å². The Morgan fingerprint density at radius 2 is 1.34 bits per heavy atom. The Bertz CT molecular complexity index is 925. The number of nitrogens with one attached hydrogen (secondary N) is 2.